The topological polar surface area (TPSA) is 120 Å². The molecule has 0 fully saturated rings. The van der Waals surface area contributed by atoms with Gasteiger partial charge in [-0.3, -0.25) is 9.36 Å². The molecule has 0 radical (unpaired) electrons. The molecule has 1 amide bonds. The van der Waals surface area contributed by atoms with E-state index < -0.39 is 60.1 Å². The van der Waals surface area contributed by atoms with E-state index in [0.29, 0.717) is 21.7 Å². The fourth-order valence-electron chi connectivity index (χ4n) is 4.13. The molecular formula is C27H18ClF6N7O3. The summed E-state index contributed by atoms with van der Waals surface area (Å²) in [6, 6.07) is 12.3. The molecule has 0 aliphatic heterocycles. The summed E-state index contributed by atoms with van der Waals surface area (Å²) in [5.41, 5.74) is -1.64. The van der Waals surface area contributed by atoms with Crippen molar-refractivity contribution in [2.24, 2.45) is 0 Å². The van der Waals surface area contributed by atoms with E-state index in [1.807, 2.05) is 0 Å². The molecule has 10 nitrogen and oxygen atoms in total. The van der Waals surface area contributed by atoms with Crippen molar-refractivity contribution >= 4 is 23.2 Å². The van der Waals surface area contributed by atoms with E-state index in [9.17, 15) is 41.0 Å². The number of carbonyl (C=O) groups is 1. The lowest BCUT2D eigenvalue weighted by molar-refractivity contribution is -0.207. The Morgan fingerprint density at radius 1 is 1.00 bits per heavy atom. The molecule has 5 aromatic rings. The van der Waals surface area contributed by atoms with Crippen LogP contribution in [0.25, 0.3) is 17.1 Å². The number of nitrogens with one attached hydrogen (secondary N) is 1. The number of hydrogen-bond acceptors (Lipinski definition) is 6. The van der Waals surface area contributed by atoms with E-state index >= 15 is 0 Å². The lowest BCUT2D eigenvalue weighted by Gasteiger charge is -2.15. The first kappa shape index (κ1) is 30.5. The summed E-state index contributed by atoms with van der Waals surface area (Å²) in [4.78, 5) is 30.1. The van der Waals surface area contributed by atoms with Crippen molar-refractivity contribution in [3.63, 3.8) is 0 Å². The van der Waals surface area contributed by atoms with Gasteiger partial charge < -0.3 is 10.4 Å². The van der Waals surface area contributed by atoms with Crippen LogP contribution in [0.2, 0.25) is 5.02 Å². The predicted octanol–water partition coefficient (Wildman–Crippen LogP) is 4.59. The Bertz CT molecular complexity index is 1880. The SMILES string of the molecule is O=C(Nc1c(F)cc(F)cc1F)c1ccccc1-n1cnc(Cn2nc(-c3ccc(Cl)cc3)n(C[C@H](O)C(F)(F)F)c2=O)n1. The third-order valence-corrected chi connectivity index (χ3v) is 6.48. The average molecular weight is 638 g/mol. The second kappa shape index (κ2) is 12.0. The number of halogens is 7. The van der Waals surface area contributed by atoms with Gasteiger partial charge in [0.25, 0.3) is 5.91 Å². The van der Waals surface area contributed by atoms with Crippen molar-refractivity contribution in [3.8, 4) is 17.1 Å². The highest BCUT2D eigenvalue weighted by molar-refractivity contribution is 6.30. The molecule has 0 saturated heterocycles. The molecule has 0 aliphatic carbocycles. The van der Waals surface area contributed by atoms with Crippen molar-refractivity contribution < 1.29 is 36.2 Å². The normalized spacial score (nSPS) is 12.4. The summed E-state index contributed by atoms with van der Waals surface area (Å²) in [5.74, 6) is -5.04. The number of nitrogens with zero attached hydrogens (tertiary/aromatic N) is 6. The molecule has 0 bridgehead atoms. The summed E-state index contributed by atoms with van der Waals surface area (Å²) < 4.78 is 83.4. The van der Waals surface area contributed by atoms with E-state index in [-0.39, 0.29) is 28.5 Å². The molecular weight excluding hydrogens is 620 g/mol. The summed E-state index contributed by atoms with van der Waals surface area (Å²) in [6.45, 7) is -1.57. The van der Waals surface area contributed by atoms with Crippen LogP contribution < -0.4 is 11.0 Å². The second-order valence-electron chi connectivity index (χ2n) is 9.26. The molecule has 0 saturated carbocycles. The Morgan fingerprint density at radius 2 is 1.66 bits per heavy atom. The Morgan fingerprint density at radius 3 is 2.32 bits per heavy atom. The van der Waals surface area contributed by atoms with Crippen molar-refractivity contribution in [2.75, 3.05) is 5.32 Å². The van der Waals surface area contributed by atoms with Crippen LogP contribution >= 0.6 is 11.6 Å². The van der Waals surface area contributed by atoms with Crippen LogP contribution in [0.3, 0.4) is 0 Å². The number of aromatic nitrogens is 6. The van der Waals surface area contributed by atoms with Gasteiger partial charge in [-0.1, -0.05) is 23.7 Å². The highest BCUT2D eigenvalue weighted by Crippen LogP contribution is 2.25. The molecule has 3 aromatic carbocycles. The molecule has 1 atom stereocenters. The minimum atomic E-state index is -5.01. The van der Waals surface area contributed by atoms with Gasteiger partial charge in [-0.15, -0.1) is 10.2 Å². The van der Waals surface area contributed by atoms with Gasteiger partial charge in [0.2, 0.25) is 0 Å². The minimum absolute atomic E-state index is 0.0541. The maximum Gasteiger partial charge on any atom is 0.416 e. The number of para-hydroxylation sites is 1. The van der Waals surface area contributed by atoms with Gasteiger partial charge in [-0.2, -0.15) is 13.2 Å². The first-order valence-electron chi connectivity index (χ1n) is 12.5. The van der Waals surface area contributed by atoms with Crippen LogP contribution in [0.1, 0.15) is 16.2 Å². The standard InChI is InChI=1S/C27H18ClF6N7O3/c28-15-7-5-14(6-8-15)24-38-40(26(44)39(24)11-21(42)27(32,33)34)12-22-35-13-41(37-22)20-4-2-1-3-17(20)25(43)36-23-18(30)9-16(29)10-19(23)31/h1-10,13,21,42H,11-12H2,(H,36,43)/t21-/m0/s1. The molecule has 17 heteroatoms. The second-order valence-corrected chi connectivity index (χ2v) is 9.70. The number of alkyl halides is 3. The number of amides is 1. The highest BCUT2D eigenvalue weighted by atomic mass is 35.5. The maximum absolute atomic E-state index is 14.1. The van der Waals surface area contributed by atoms with E-state index in [0.717, 1.165) is 15.7 Å². The van der Waals surface area contributed by atoms with Crippen LogP contribution in [-0.4, -0.2) is 52.4 Å². The molecule has 0 spiro atoms. The zero-order chi connectivity index (χ0) is 31.8. The lowest BCUT2D eigenvalue weighted by atomic mass is 10.1. The number of anilines is 1. The van der Waals surface area contributed by atoms with Gasteiger partial charge in [-0.25, -0.2) is 32.3 Å². The summed E-state index contributed by atoms with van der Waals surface area (Å²) >= 11 is 5.90. The number of hydrogen-bond donors (Lipinski definition) is 2. The smallest absolute Gasteiger partial charge is 0.382 e. The van der Waals surface area contributed by atoms with E-state index in [2.05, 4.69) is 20.5 Å². The van der Waals surface area contributed by atoms with Gasteiger partial charge in [0, 0.05) is 22.7 Å². The number of rotatable bonds is 8. The minimum Gasteiger partial charge on any atom is -0.382 e. The summed E-state index contributed by atoms with van der Waals surface area (Å²) in [7, 11) is 0. The Labute approximate surface area is 247 Å². The van der Waals surface area contributed by atoms with Crippen LogP contribution in [0.15, 0.2) is 71.8 Å². The van der Waals surface area contributed by atoms with E-state index in [1.165, 1.54) is 48.5 Å². The van der Waals surface area contributed by atoms with Crippen molar-refractivity contribution in [1.82, 2.24) is 29.1 Å². The van der Waals surface area contributed by atoms with Gasteiger partial charge in [0.05, 0.1) is 17.8 Å². The van der Waals surface area contributed by atoms with Gasteiger partial charge >= 0.3 is 11.9 Å². The summed E-state index contributed by atoms with van der Waals surface area (Å²) in [6.07, 6.45) is -6.70. The monoisotopic (exact) mass is 637 g/mol. The number of carbonyl (C=O) groups excluding carboxylic acids is 1. The maximum atomic E-state index is 14.1. The molecule has 0 unspecified atom stereocenters. The first-order valence-corrected chi connectivity index (χ1v) is 12.8. The van der Waals surface area contributed by atoms with E-state index in [4.69, 9.17) is 11.6 Å². The molecule has 2 aromatic heterocycles. The van der Waals surface area contributed by atoms with Crippen molar-refractivity contribution in [3.05, 3.63) is 111 Å². The quantitative estimate of drug-likeness (QED) is 0.240. The third kappa shape index (κ3) is 6.35. The van der Waals surface area contributed by atoms with Gasteiger partial charge in [0.15, 0.2) is 29.4 Å². The molecule has 0 aliphatic rings. The number of benzene rings is 3. The van der Waals surface area contributed by atoms with Crippen LogP contribution in [0.5, 0.6) is 0 Å². The number of aliphatic hydroxyl groups is 1. The average Bonchev–Trinajstić information content (AvgIpc) is 3.55. The highest BCUT2D eigenvalue weighted by Gasteiger charge is 2.39. The Balaban J connectivity index is 1.45. The van der Waals surface area contributed by atoms with Gasteiger partial charge in [-0.05, 0) is 36.4 Å². The fourth-order valence-corrected chi connectivity index (χ4v) is 4.25. The first-order chi connectivity index (χ1) is 20.8. The Kier molecular flexibility index (Phi) is 8.29. The molecule has 44 heavy (non-hydrogen) atoms. The molecule has 2 N–H and O–H groups in total. The summed E-state index contributed by atoms with van der Waals surface area (Å²) in [5, 5.41) is 20.4. The zero-order valence-electron chi connectivity index (χ0n) is 21.9. The van der Waals surface area contributed by atoms with E-state index in [1.54, 1.807) is 0 Å². The van der Waals surface area contributed by atoms with Crippen molar-refractivity contribution in [1.29, 1.82) is 0 Å². The zero-order valence-corrected chi connectivity index (χ0v) is 22.7. The van der Waals surface area contributed by atoms with Crippen LogP contribution in [-0.2, 0) is 13.1 Å². The molecule has 228 valence electrons. The van der Waals surface area contributed by atoms with Gasteiger partial charge in [0.1, 0.15) is 24.4 Å². The third-order valence-electron chi connectivity index (χ3n) is 6.23. The molecule has 2 heterocycles. The number of aliphatic hydroxyl groups excluding tert-OH is 1. The van der Waals surface area contributed by atoms with Crippen LogP contribution in [0, 0.1) is 17.5 Å². The largest absolute Gasteiger partial charge is 0.416 e. The molecule has 5 rings (SSSR count). The lowest BCUT2D eigenvalue weighted by Crippen LogP contribution is -2.37. The Hall–Kier alpha value is -4.96. The fraction of sp³-hybridized carbons (Fsp3) is 0.148. The van der Waals surface area contributed by atoms with Crippen molar-refractivity contribution in [2.45, 2.75) is 25.4 Å². The predicted molar refractivity (Wildman–Crippen MR) is 144 cm³/mol. The van der Waals surface area contributed by atoms with Crippen LogP contribution in [0.4, 0.5) is 32.0 Å².